The molecule has 0 aliphatic carbocycles. The number of anilines is 1. The van der Waals surface area contributed by atoms with Gasteiger partial charge in [0.15, 0.2) is 5.43 Å². The molecule has 0 radical (unpaired) electrons. The number of aromatic hydroxyl groups is 1. The van der Waals surface area contributed by atoms with Crippen LogP contribution in [0, 0.1) is 0 Å². The van der Waals surface area contributed by atoms with Gasteiger partial charge in [0, 0.05) is 47.9 Å². The van der Waals surface area contributed by atoms with E-state index < -0.39 is 35.6 Å². The van der Waals surface area contributed by atoms with Crippen molar-refractivity contribution in [2.45, 2.75) is 64.8 Å². The van der Waals surface area contributed by atoms with Crippen molar-refractivity contribution in [1.82, 2.24) is 4.98 Å². The molecule has 2 aromatic heterocycles. The Kier molecular flexibility index (Phi) is 7.48. The number of nitrogen functional groups attached to an aromatic ring is 1. The lowest BCUT2D eigenvalue weighted by molar-refractivity contribution is -0.156. The highest BCUT2D eigenvalue weighted by Gasteiger charge is 2.44. The zero-order chi connectivity index (χ0) is 27.8. The van der Waals surface area contributed by atoms with Gasteiger partial charge in [0.25, 0.3) is 0 Å². The molecule has 10 nitrogen and oxygen atoms in total. The molecule has 10 heteroatoms. The van der Waals surface area contributed by atoms with Gasteiger partial charge in [-0.1, -0.05) is 6.08 Å². The number of carbonyl (C=O) groups is 1. The third-order valence-corrected chi connectivity index (χ3v) is 6.95. The molecule has 0 saturated carbocycles. The van der Waals surface area contributed by atoms with Crippen LogP contribution in [-0.4, -0.2) is 44.6 Å². The van der Waals surface area contributed by atoms with Crippen molar-refractivity contribution in [1.29, 1.82) is 0 Å². The number of aromatic nitrogens is 1. The zero-order valence-electron chi connectivity index (χ0n) is 21.8. The molecule has 1 aliphatic rings. The first-order chi connectivity index (χ1) is 18.0. The van der Waals surface area contributed by atoms with Crippen LogP contribution in [0.1, 0.15) is 62.5 Å². The second-order valence-electron chi connectivity index (χ2n) is 9.86. The zero-order valence-corrected chi connectivity index (χ0v) is 21.8. The summed E-state index contributed by atoms with van der Waals surface area (Å²) in [4.78, 5) is 29.8. The summed E-state index contributed by atoms with van der Waals surface area (Å²) in [5.74, 6) is -0.943. The molecule has 2 unspecified atom stereocenters. The Morgan fingerprint density at radius 2 is 2.08 bits per heavy atom. The van der Waals surface area contributed by atoms with Gasteiger partial charge in [-0.25, -0.2) is 9.78 Å². The summed E-state index contributed by atoms with van der Waals surface area (Å²) in [5, 5.41) is 31.0. The van der Waals surface area contributed by atoms with E-state index in [0.717, 1.165) is 6.07 Å². The van der Waals surface area contributed by atoms with Gasteiger partial charge in [0.05, 0.1) is 0 Å². The van der Waals surface area contributed by atoms with Gasteiger partial charge in [-0.3, -0.25) is 4.79 Å². The number of allylic oxidation sites excluding steroid dienone is 1. The largest absolute Gasteiger partial charge is 0.507 e. The first kappa shape index (κ1) is 27.2. The number of phenolic OH excluding ortho intramolecular Hbond substituents is 1. The van der Waals surface area contributed by atoms with E-state index in [4.69, 9.17) is 19.6 Å². The molecule has 4 rings (SSSR count). The highest BCUT2D eigenvalue weighted by molar-refractivity contribution is 5.92. The number of carbonyl (C=O) groups excluding carboxylic acids is 1. The van der Waals surface area contributed by atoms with Crippen molar-refractivity contribution in [2.24, 2.45) is 0 Å². The number of aliphatic hydroxyl groups excluding tert-OH is 2. The number of aliphatic hydroxyl groups is 2. The molecule has 5 N–H and O–H groups in total. The Morgan fingerprint density at radius 1 is 1.34 bits per heavy atom. The molecular formula is C28H32N2O8. The average Bonchev–Trinajstić information content (AvgIpc) is 2.87. The summed E-state index contributed by atoms with van der Waals surface area (Å²) in [6.07, 6.45) is 2.64. The number of benzene rings is 1. The number of nitrogens with zero attached hydrogens (tertiary/aromatic N) is 1. The topological polar surface area (TPSA) is 165 Å². The lowest BCUT2D eigenvalue weighted by Crippen LogP contribution is -2.49. The van der Waals surface area contributed by atoms with Crippen molar-refractivity contribution < 1.29 is 34.0 Å². The Morgan fingerprint density at radius 3 is 2.71 bits per heavy atom. The summed E-state index contributed by atoms with van der Waals surface area (Å²) >= 11 is 0. The van der Waals surface area contributed by atoms with Crippen molar-refractivity contribution in [3.8, 4) is 11.5 Å². The van der Waals surface area contributed by atoms with E-state index in [2.05, 4.69) is 4.98 Å². The average molecular weight is 525 g/mol. The van der Waals surface area contributed by atoms with Crippen LogP contribution < -0.4 is 15.9 Å². The van der Waals surface area contributed by atoms with Gasteiger partial charge in [-0.2, -0.15) is 0 Å². The number of esters is 1. The molecule has 0 spiro atoms. The fraction of sp³-hybridized carbons (Fsp3) is 0.393. The molecule has 3 aromatic rings. The fourth-order valence-electron chi connectivity index (χ4n) is 4.75. The Hall–Kier alpha value is -3.89. The molecule has 3 heterocycles. The van der Waals surface area contributed by atoms with Crippen LogP contribution in [0.5, 0.6) is 11.5 Å². The van der Waals surface area contributed by atoms with E-state index in [0.29, 0.717) is 16.7 Å². The maximum Gasteiger partial charge on any atom is 0.333 e. The lowest BCUT2D eigenvalue weighted by Gasteiger charge is -2.41. The molecule has 0 amide bonds. The summed E-state index contributed by atoms with van der Waals surface area (Å²) in [5.41, 5.74) is 6.16. The lowest BCUT2D eigenvalue weighted by atomic mass is 9.82. The second-order valence-corrected chi connectivity index (χ2v) is 9.86. The van der Waals surface area contributed by atoms with E-state index in [1.807, 2.05) is 0 Å². The minimum atomic E-state index is -1.04. The maximum atomic E-state index is 13.2. The third kappa shape index (κ3) is 4.84. The van der Waals surface area contributed by atoms with Crippen molar-refractivity contribution in [2.75, 3.05) is 12.3 Å². The molecule has 1 aliphatic heterocycles. The number of rotatable bonds is 7. The number of hydrogen-bond acceptors (Lipinski definition) is 10. The molecule has 0 fully saturated rings. The van der Waals surface area contributed by atoms with Crippen molar-refractivity contribution >= 4 is 22.8 Å². The number of phenols is 1. The number of ether oxygens (including phenoxy) is 2. The monoisotopic (exact) mass is 524 g/mol. The highest BCUT2D eigenvalue weighted by atomic mass is 16.6. The molecule has 38 heavy (non-hydrogen) atoms. The summed E-state index contributed by atoms with van der Waals surface area (Å²) in [7, 11) is 0. The number of fused-ring (bicyclic) bond motifs is 2. The molecule has 0 saturated heterocycles. The van der Waals surface area contributed by atoms with Crippen LogP contribution in [0.15, 0.2) is 45.3 Å². The van der Waals surface area contributed by atoms with Gasteiger partial charge in [-0.05, 0) is 51.8 Å². The highest BCUT2D eigenvalue weighted by Crippen LogP contribution is 2.50. The third-order valence-electron chi connectivity index (χ3n) is 6.95. The quantitative estimate of drug-likeness (QED) is 0.266. The Labute approximate surface area is 219 Å². The Balaban J connectivity index is 2.04. The van der Waals surface area contributed by atoms with Crippen LogP contribution in [0.3, 0.4) is 0 Å². The van der Waals surface area contributed by atoms with Crippen LogP contribution in [0.25, 0.3) is 11.0 Å². The van der Waals surface area contributed by atoms with E-state index in [-0.39, 0.29) is 59.1 Å². The predicted octanol–water partition coefficient (Wildman–Crippen LogP) is 3.07. The van der Waals surface area contributed by atoms with Gasteiger partial charge in [0.2, 0.25) is 0 Å². The van der Waals surface area contributed by atoms with Gasteiger partial charge in [-0.15, -0.1) is 0 Å². The first-order valence-corrected chi connectivity index (χ1v) is 12.3. The standard InChI is InChI=1S/C28H32N2O8/c1-5-14(2)27(35)37-20-12-18-24(34)23-19(33)11-16(13-32)36-26(23)22(25(18)38-28(20,3)4)17(7-9-31)15-6-8-30-21(29)10-15/h5-6,8,10-11,17,20,31-32,34H,7,9,12-13H2,1-4H3,(H2,29,30). The number of pyridine rings is 1. The maximum absolute atomic E-state index is 13.2. The SMILES string of the molecule is CC=C(C)C(=O)OC1Cc2c(c(C(CCO)c3ccnc(N)c3)c3oc(CO)cc(=O)c3c2O)OC1(C)C. The van der Waals surface area contributed by atoms with E-state index in [1.165, 1.54) is 6.20 Å². The van der Waals surface area contributed by atoms with E-state index in [9.17, 15) is 24.9 Å². The molecule has 2 atom stereocenters. The predicted molar refractivity (Wildman–Crippen MR) is 140 cm³/mol. The van der Waals surface area contributed by atoms with Gasteiger partial charge in [0.1, 0.15) is 52.4 Å². The van der Waals surface area contributed by atoms with Crippen LogP contribution >= 0.6 is 0 Å². The van der Waals surface area contributed by atoms with Gasteiger partial charge >= 0.3 is 5.97 Å². The molecule has 202 valence electrons. The molecule has 1 aromatic carbocycles. The van der Waals surface area contributed by atoms with Crippen LogP contribution in [-0.2, 0) is 22.6 Å². The minimum Gasteiger partial charge on any atom is -0.507 e. The van der Waals surface area contributed by atoms with Gasteiger partial charge < -0.3 is 34.9 Å². The van der Waals surface area contributed by atoms with E-state index in [1.54, 1.807) is 45.9 Å². The molecule has 0 bridgehead atoms. The normalized spacial score (nSPS) is 17.5. The first-order valence-electron chi connectivity index (χ1n) is 12.3. The van der Waals surface area contributed by atoms with Crippen molar-refractivity contribution in [3.05, 3.63) is 68.7 Å². The fourth-order valence-corrected chi connectivity index (χ4v) is 4.75. The van der Waals surface area contributed by atoms with Crippen molar-refractivity contribution in [3.63, 3.8) is 0 Å². The summed E-state index contributed by atoms with van der Waals surface area (Å²) in [6, 6.07) is 4.50. The van der Waals surface area contributed by atoms with E-state index >= 15 is 0 Å². The second kappa shape index (κ2) is 10.5. The Bertz CT molecular complexity index is 1470. The summed E-state index contributed by atoms with van der Waals surface area (Å²) in [6.45, 7) is 6.13. The van der Waals surface area contributed by atoms with Crippen LogP contribution in [0.2, 0.25) is 0 Å². The van der Waals surface area contributed by atoms with Crippen LogP contribution in [0.4, 0.5) is 5.82 Å². The number of hydrogen-bond donors (Lipinski definition) is 4. The molecular weight excluding hydrogens is 492 g/mol. The summed E-state index contributed by atoms with van der Waals surface area (Å²) < 4.78 is 18.1. The number of nitrogens with two attached hydrogens (primary N) is 1. The smallest absolute Gasteiger partial charge is 0.333 e. The minimum absolute atomic E-state index is 0.00351.